The maximum atomic E-state index is 5.78. The minimum Gasteiger partial charge on any atom is -0.399 e. The van der Waals surface area contributed by atoms with Gasteiger partial charge in [0.2, 0.25) is 0 Å². The predicted molar refractivity (Wildman–Crippen MR) is 67.9 cm³/mol. The van der Waals surface area contributed by atoms with Gasteiger partial charge in [0, 0.05) is 37.7 Å². The molecule has 0 fully saturated rings. The lowest BCUT2D eigenvalue weighted by Gasteiger charge is -2.19. The van der Waals surface area contributed by atoms with Crippen LogP contribution in [0.3, 0.4) is 0 Å². The van der Waals surface area contributed by atoms with E-state index in [0.29, 0.717) is 0 Å². The van der Waals surface area contributed by atoms with E-state index in [1.54, 1.807) is 0 Å². The molecule has 1 heterocycles. The molecule has 0 amide bonds. The monoisotopic (exact) mass is 220 g/mol. The molecule has 0 aliphatic carbocycles. The first-order valence-electron chi connectivity index (χ1n) is 6.02. The van der Waals surface area contributed by atoms with Gasteiger partial charge in [0.15, 0.2) is 0 Å². The minimum absolute atomic E-state index is 0.813. The molecule has 3 nitrogen and oxygen atoms in total. The molecule has 3 heteroatoms. The van der Waals surface area contributed by atoms with Gasteiger partial charge in [-0.25, -0.2) is 0 Å². The van der Waals surface area contributed by atoms with E-state index in [1.165, 1.54) is 11.3 Å². The Bertz CT molecular complexity index is 352. The van der Waals surface area contributed by atoms with Gasteiger partial charge < -0.3 is 15.4 Å². The van der Waals surface area contributed by atoms with Crippen molar-refractivity contribution in [2.45, 2.75) is 19.8 Å². The Morgan fingerprint density at radius 1 is 1.44 bits per heavy atom. The van der Waals surface area contributed by atoms with Crippen molar-refractivity contribution in [3.63, 3.8) is 0 Å². The van der Waals surface area contributed by atoms with Gasteiger partial charge in [0.1, 0.15) is 0 Å². The summed E-state index contributed by atoms with van der Waals surface area (Å²) in [5, 5.41) is 0. The minimum atomic E-state index is 0.813. The quantitative estimate of drug-likeness (QED) is 0.609. The molecule has 2 N–H and O–H groups in total. The lowest BCUT2D eigenvalue weighted by atomic mass is 10.1. The number of nitrogen functional groups attached to an aromatic ring is 1. The molecule has 1 aliphatic rings. The Hall–Kier alpha value is -1.22. The van der Waals surface area contributed by atoms with E-state index in [-0.39, 0.29) is 0 Å². The number of hydrogen-bond donors (Lipinski definition) is 1. The molecule has 0 saturated carbocycles. The van der Waals surface area contributed by atoms with Crippen molar-refractivity contribution in [3.8, 4) is 0 Å². The number of anilines is 2. The molecular formula is C13H20N2O. The van der Waals surface area contributed by atoms with Crippen LogP contribution in [0.15, 0.2) is 18.2 Å². The lowest BCUT2D eigenvalue weighted by molar-refractivity contribution is 0.146. The molecule has 0 aromatic heterocycles. The molecular weight excluding hydrogens is 200 g/mol. The zero-order valence-corrected chi connectivity index (χ0v) is 9.91. The average Bonchev–Trinajstić information content (AvgIpc) is 2.67. The molecule has 16 heavy (non-hydrogen) atoms. The largest absolute Gasteiger partial charge is 0.399 e. The molecule has 1 aliphatic heterocycles. The molecule has 1 aromatic carbocycles. The second kappa shape index (κ2) is 5.21. The first-order chi connectivity index (χ1) is 7.81. The standard InChI is InChI=1S/C13H20N2O/c1-2-16-9-3-7-15-8-6-11-10-12(14)4-5-13(11)15/h4-5,10H,2-3,6-9,14H2,1H3. The fraction of sp³-hybridized carbons (Fsp3) is 0.538. The number of benzene rings is 1. The summed E-state index contributed by atoms with van der Waals surface area (Å²) in [6.07, 6.45) is 2.21. The zero-order valence-electron chi connectivity index (χ0n) is 9.91. The van der Waals surface area contributed by atoms with Crippen LogP contribution in [0.2, 0.25) is 0 Å². The van der Waals surface area contributed by atoms with E-state index in [1.807, 2.05) is 13.0 Å². The van der Waals surface area contributed by atoms with E-state index in [9.17, 15) is 0 Å². The van der Waals surface area contributed by atoms with Crippen LogP contribution in [0.1, 0.15) is 18.9 Å². The van der Waals surface area contributed by atoms with E-state index in [2.05, 4.69) is 17.0 Å². The van der Waals surface area contributed by atoms with Crippen molar-refractivity contribution in [1.82, 2.24) is 0 Å². The van der Waals surface area contributed by atoms with Gasteiger partial charge in [0.25, 0.3) is 0 Å². The Balaban J connectivity index is 1.91. The highest BCUT2D eigenvalue weighted by atomic mass is 16.5. The van der Waals surface area contributed by atoms with Crippen molar-refractivity contribution >= 4 is 11.4 Å². The Morgan fingerprint density at radius 3 is 3.12 bits per heavy atom. The van der Waals surface area contributed by atoms with Crippen LogP contribution < -0.4 is 10.6 Å². The number of hydrogen-bond acceptors (Lipinski definition) is 3. The highest BCUT2D eigenvalue weighted by Crippen LogP contribution is 2.29. The highest BCUT2D eigenvalue weighted by molar-refractivity contribution is 5.62. The van der Waals surface area contributed by atoms with Crippen molar-refractivity contribution in [2.75, 3.05) is 36.9 Å². The van der Waals surface area contributed by atoms with E-state index < -0.39 is 0 Å². The summed E-state index contributed by atoms with van der Waals surface area (Å²) in [5.41, 5.74) is 9.39. The maximum Gasteiger partial charge on any atom is 0.0482 e. The Kier molecular flexibility index (Phi) is 3.67. The third-order valence-corrected chi connectivity index (χ3v) is 3.02. The van der Waals surface area contributed by atoms with Crippen LogP contribution in [-0.2, 0) is 11.2 Å². The normalized spacial score (nSPS) is 14.2. The van der Waals surface area contributed by atoms with Crippen LogP contribution in [0.4, 0.5) is 11.4 Å². The van der Waals surface area contributed by atoms with Crippen molar-refractivity contribution < 1.29 is 4.74 Å². The maximum absolute atomic E-state index is 5.78. The number of ether oxygens (including phenoxy) is 1. The van der Waals surface area contributed by atoms with E-state index >= 15 is 0 Å². The summed E-state index contributed by atoms with van der Waals surface area (Å²) in [6, 6.07) is 6.22. The SMILES string of the molecule is CCOCCCN1CCc2cc(N)ccc21. The van der Waals surface area contributed by atoms with Gasteiger partial charge in [-0.3, -0.25) is 0 Å². The van der Waals surface area contributed by atoms with Crippen LogP contribution >= 0.6 is 0 Å². The first-order valence-corrected chi connectivity index (χ1v) is 6.02. The van der Waals surface area contributed by atoms with Crippen molar-refractivity contribution in [2.24, 2.45) is 0 Å². The molecule has 0 unspecified atom stereocenters. The van der Waals surface area contributed by atoms with E-state index in [4.69, 9.17) is 10.5 Å². The fourth-order valence-electron chi connectivity index (χ4n) is 2.22. The van der Waals surface area contributed by atoms with Crippen molar-refractivity contribution in [1.29, 1.82) is 0 Å². The van der Waals surface area contributed by atoms with Gasteiger partial charge in [-0.05, 0) is 43.5 Å². The molecule has 0 bridgehead atoms. The molecule has 0 atom stereocenters. The predicted octanol–water partition coefficient (Wildman–Crippen LogP) is 2.06. The van der Waals surface area contributed by atoms with Gasteiger partial charge in [-0.1, -0.05) is 0 Å². The van der Waals surface area contributed by atoms with Gasteiger partial charge >= 0.3 is 0 Å². The highest BCUT2D eigenvalue weighted by Gasteiger charge is 2.18. The third-order valence-electron chi connectivity index (χ3n) is 3.02. The summed E-state index contributed by atoms with van der Waals surface area (Å²) in [5.74, 6) is 0. The topological polar surface area (TPSA) is 38.5 Å². The molecule has 88 valence electrons. The Labute approximate surface area is 97.2 Å². The van der Waals surface area contributed by atoms with Crippen LogP contribution in [0.5, 0.6) is 0 Å². The summed E-state index contributed by atoms with van der Waals surface area (Å²) in [4.78, 5) is 2.42. The number of fused-ring (bicyclic) bond motifs is 1. The smallest absolute Gasteiger partial charge is 0.0482 e. The molecule has 0 saturated heterocycles. The second-order valence-electron chi connectivity index (χ2n) is 4.18. The number of nitrogens with two attached hydrogens (primary N) is 1. The zero-order chi connectivity index (χ0) is 11.4. The first kappa shape index (κ1) is 11.3. The summed E-state index contributed by atoms with van der Waals surface area (Å²) >= 11 is 0. The number of rotatable bonds is 5. The fourth-order valence-corrected chi connectivity index (χ4v) is 2.22. The van der Waals surface area contributed by atoms with Crippen molar-refractivity contribution in [3.05, 3.63) is 23.8 Å². The number of nitrogens with zero attached hydrogens (tertiary/aromatic N) is 1. The van der Waals surface area contributed by atoms with Gasteiger partial charge in [-0.15, -0.1) is 0 Å². The van der Waals surface area contributed by atoms with Crippen LogP contribution in [0, 0.1) is 0 Å². The molecule has 1 aromatic rings. The summed E-state index contributed by atoms with van der Waals surface area (Å²) < 4.78 is 5.35. The average molecular weight is 220 g/mol. The van der Waals surface area contributed by atoms with Crippen LogP contribution in [-0.4, -0.2) is 26.3 Å². The van der Waals surface area contributed by atoms with Crippen LogP contribution in [0.25, 0.3) is 0 Å². The summed E-state index contributed by atoms with van der Waals surface area (Å²) in [7, 11) is 0. The Morgan fingerprint density at radius 2 is 2.31 bits per heavy atom. The van der Waals surface area contributed by atoms with Gasteiger partial charge in [-0.2, -0.15) is 0 Å². The van der Waals surface area contributed by atoms with E-state index in [0.717, 1.165) is 44.8 Å². The second-order valence-corrected chi connectivity index (χ2v) is 4.18. The molecule has 0 radical (unpaired) electrons. The van der Waals surface area contributed by atoms with Gasteiger partial charge in [0.05, 0.1) is 0 Å². The third kappa shape index (κ3) is 2.47. The summed E-state index contributed by atoms with van der Waals surface area (Å²) in [6.45, 7) is 5.90. The molecule has 2 rings (SSSR count). The molecule has 0 spiro atoms. The lowest BCUT2D eigenvalue weighted by Crippen LogP contribution is -2.22.